The lowest BCUT2D eigenvalue weighted by atomic mass is 9.97. The molecule has 8 heteroatoms. The first-order chi connectivity index (χ1) is 13.7. The average molecular weight is 416 g/mol. The standard InChI is InChI=1S/C20H21N3O3S2/c1-2-26-16(24)12-27-20-22-18-17(14-5-3-4-6-15(14)28-18)19(25)23(20)11-13-7-9-21-10-8-13/h7-10H,2-6,11-12H2,1H3. The Bertz CT molecular complexity index is 1060. The smallest absolute Gasteiger partial charge is 0.316 e. The van der Waals surface area contributed by atoms with E-state index in [9.17, 15) is 9.59 Å². The summed E-state index contributed by atoms with van der Waals surface area (Å²) in [5.41, 5.74) is 2.13. The van der Waals surface area contributed by atoms with E-state index in [2.05, 4.69) is 4.98 Å². The highest BCUT2D eigenvalue weighted by molar-refractivity contribution is 7.99. The summed E-state index contributed by atoms with van der Waals surface area (Å²) < 4.78 is 6.71. The Morgan fingerprint density at radius 3 is 2.86 bits per heavy atom. The summed E-state index contributed by atoms with van der Waals surface area (Å²) in [7, 11) is 0. The minimum Gasteiger partial charge on any atom is -0.465 e. The van der Waals surface area contributed by atoms with Gasteiger partial charge >= 0.3 is 5.97 Å². The fraction of sp³-hybridized carbons (Fsp3) is 0.400. The molecule has 1 aliphatic carbocycles. The SMILES string of the molecule is CCOC(=O)CSc1nc2sc3c(c2c(=O)n1Cc1ccncc1)CCCC3. The molecule has 0 saturated heterocycles. The fourth-order valence-corrected chi connectivity index (χ4v) is 5.57. The van der Waals surface area contributed by atoms with Gasteiger partial charge < -0.3 is 4.74 Å². The van der Waals surface area contributed by atoms with Crippen molar-refractivity contribution >= 4 is 39.3 Å². The number of nitrogens with zero attached hydrogens (tertiary/aromatic N) is 3. The maximum absolute atomic E-state index is 13.4. The van der Waals surface area contributed by atoms with Crippen molar-refractivity contribution in [1.29, 1.82) is 0 Å². The lowest BCUT2D eigenvalue weighted by Crippen LogP contribution is -2.25. The number of carbonyl (C=O) groups is 1. The first kappa shape index (κ1) is 19.1. The maximum atomic E-state index is 13.4. The summed E-state index contributed by atoms with van der Waals surface area (Å²) in [5, 5.41) is 1.32. The first-order valence-corrected chi connectivity index (χ1v) is 11.2. The number of fused-ring (bicyclic) bond motifs is 3. The third-order valence-corrected chi connectivity index (χ3v) is 6.89. The van der Waals surface area contributed by atoms with Crippen molar-refractivity contribution in [2.75, 3.05) is 12.4 Å². The molecule has 0 unspecified atom stereocenters. The Morgan fingerprint density at radius 1 is 1.29 bits per heavy atom. The molecule has 6 nitrogen and oxygen atoms in total. The number of esters is 1. The Kier molecular flexibility index (Phi) is 5.77. The summed E-state index contributed by atoms with van der Waals surface area (Å²) in [4.78, 5) is 36.2. The highest BCUT2D eigenvalue weighted by Crippen LogP contribution is 2.34. The largest absolute Gasteiger partial charge is 0.465 e. The summed E-state index contributed by atoms with van der Waals surface area (Å²) >= 11 is 2.88. The van der Waals surface area contributed by atoms with E-state index in [1.165, 1.54) is 22.2 Å². The molecule has 1 aliphatic rings. The molecule has 0 saturated carbocycles. The van der Waals surface area contributed by atoms with E-state index in [4.69, 9.17) is 9.72 Å². The lowest BCUT2D eigenvalue weighted by Gasteiger charge is -2.13. The molecule has 0 N–H and O–H groups in total. The van der Waals surface area contributed by atoms with Crippen LogP contribution in [0.5, 0.6) is 0 Å². The molecular weight excluding hydrogens is 394 g/mol. The van der Waals surface area contributed by atoms with Gasteiger partial charge in [-0.25, -0.2) is 4.98 Å². The third-order valence-electron chi connectivity index (χ3n) is 4.75. The molecule has 4 rings (SSSR count). The molecule has 0 amide bonds. The van der Waals surface area contributed by atoms with Crippen molar-refractivity contribution in [3.8, 4) is 0 Å². The van der Waals surface area contributed by atoms with E-state index in [0.29, 0.717) is 18.3 Å². The number of carbonyl (C=O) groups excluding carboxylic acids is 1. The van der Waals surface area contributed by atoms with Gasteiger partial charge in [0.1, 0.15) is 4.83 Å². The summed E-state index contributed by atoms with van der Waals surface area (Å²) in [6, 6.07) is 3.78. The van der Waals surface area contributed by atoms with E-state index in [1.807, 2.05) is 12.1 Å². The predicted octanol–water partition coefficient (Wildman–Crippen LogP) is 3.44. The molecule has 0 fully saturated rings. The second-order valence-corrected chi connectivity index (χ2v) is 8.65. The normalized spacial score (nSPS) is 13.5. The molecule has 0 atom stereocenters. The van der Waals surface area contributed by atoms with Gasteiger partial charge in [0.15, 0.2) is 5.16 Å². The summed E-state index contributed by atoms with van der Waals surface area (Å²) in [6.45, 7) is 2.52. The van der Waals surface area contributed by atoms with E-state index >= 15 is 0 Å². The number of thioether (sulfide) groups is 1. The molecule has 28 heavy (non-hydrogen) atoms. The van der Waals surface area contributed by atoms with Crippen LogP contribution in [-0.4, -0.2) is 32.9 Å². The number of hydrogen-bond donors (Lipinski definition) is 0. The van der Waals surface area contributed by atoms with Gasteiger partial charge in [-0.3, -0.25) is 19.1 Å². The van der Waals surface area contributed by atoms with Gasteiger partial charge in [-0.05, 0) is 55.9 Å². The lowest BCUT2D eigenvalue weighted by molar-refractivity contribution is -0.139. The zero-order valence-corrected chi connectivity index (χ0v) is 17.3. The number of pyridine rings is 1. The topological polar surface area (TPSA) is 74.1 Å². The van der Waals surface area contributed by atoms with Crippen LogP contribution in [0.4, 0.5) is 0 Å². The van der Waals surface area contributed by atoms with Crippen LogP contribution in [0.25, 0.3) is 10.2 Å². The van der Waals surface area contributed by atoms with Crippen molar-refractivity contribution in [2.45, 2.75) is 44.3 Å². The average Bonchev–Trinajstić information content (AvgIpc) is 3.08. The second kappa shape index (κ2) is 8.45. The molecule has 0 aromatic carbocycles. The van der Waals surface area contributed by atoms with Crippen LogP contribution in [0.3, 0.4) is 0 Å². The van der Waals surface area contributed by atoms with Gasteiger partial charge in [0.05, 0.1) is 24.3 Å². The first-order valence-electron chi connectivity index (χ1n) is 9.39. The molecular formula is C20H21N3O3S2. The second-order valence-electron chi connectivity index (χ2n) is 6.63. The minimum absolute atomic E-state index is 0.0208. The van der Waals surface area contributed by atoms with E-state index < -0.39 is 0 Å². The van der Waals surface area contributed by atoms with Gasteiger partial charge in [-0.15, -0.1) is 11.3 Å². The van der Waals surface area contributed by atoms with Crippen LogP contribution in [0, 0.1) is 0 Å². The zero-order chi connectivity index (χ0) is 19.5. The Balaban J connectivity index is 1.79. The van der Waals surface area contributed by atoms with Gasteiger partial charge in [0, 0.05) is 17.3 Å². The minimum atomic E-state index is -0.303. The Morgan fingerprint density at radius 2 is 2.07 bits per heavy atom. The Hall–Kier alpha value is -2.19. The van der Waals surface area contributed by atoms with Crippen LogP contribution < -0.4 is 5.56 Å². The highest BCUT2D eigenvalue weighted by Gasteiger charge is 2.22. The van der Waals surface area contributed by atoms with Crippen molar-refractivity contribution in [1.82, 2.24) is 14.5 Å². The number of rotatable bonds is 6. The number of aromatic nitrogens is 3. The van der Waals surface area contributed by atoms with Crippen LogP contribution in [0.1, 0.15) is 35.8 Å². The molecule has 3 aromatic rings. The molecule has 3 heterocycles. The summed E-state index contributed by atoms with van der Waals surface area (Å²) in [5.74, 6) is -0.171. The zero-order valence-electron chi connectivity index (χ0n) is 15.6. The fourth-order valence-electron chi connectivity index (χ4n) is 3.47. The van der Waals surface area contributed by atoms with Crippen molar-refractivity contribution in [3.63, 3.8) is 0 Å². The van der Waals surface area contributed by atoms with E-state index in [1.54, 1.807) is 35.2 Å². The van der Waals surface area contributed by atoms with Crippen LogP contribution >= 0.6 is 23.1 Å². The predicted molar refractivity (Wildman–Crippen MR) is 111 cm³/mol. The van der Waals surface area contributed by atoms with Gasteiger partial charge in [0.2, 0.25) is 0 Å². The van der Waals surface area contributed by atoms with Gasteiger partial charge in [-0.2, -0.15) is 0 Å². The number of ether oxygens (including phenoxy) is 1. The third kappa shape index (κ3) is 3.84. The molecule has 0 aliphatic heterocycles. The molecule has 146 valence electrons. The van der Waals surface area contributed by atoms with Crippen LogP contribution in [-0.2, 0) is 28.9 Å². The van der Waals surface area contributed by atoms with E-state index in [-0.39, 0.29) is 17.3 Å². The van der Waals surface area contributed by atoms with Crippen LogP contribution in [0.2, 0.25) is 0 Å². The quantitative estimate of drug-likeness (QED) is 0.349. The number of hydrogen-bond acceptors (Lipinski definition) is 7. The number of aryl methyl sites for hydroxylation is 2. The van der Waals surface area contributed by atoms with E-state index in [0.717, 1.165) is 41.5 Å². The van der Waals surface area contributed by atoms with Crippen LogP contribution in [0.15, 0.2) is 34.5 Å². The Labute approximate surface area is 171 Å². The van der Waals surface area contributed by atoms with Gasteiger partial charge in [-0.1, -0.05) is 11.8 Å². The molecule has 0 radical (unpaired) electrons. The molecule has 0 bridgehead atoms. The number of thiophene rings is 1. The molecule has 0 spiro atoms. The molecule has 3 aromatic heterocycles. The maximum Gasteiger partial charge on any atom is 0.316 e. The summed E-state index contributed by atoms with van der Waals surface area (Å²) in [6.07, 6.45) is 7.66. The van der Waals surface area contributed by atoms with Crippen molar-refractivity contribution in [3.05, 3.63) is 50.9 Å². The van der Waals surface area contributed by atoms with Gasteiger partial charge in [0.25, 0.3) is 5.56 Å². The van der Waals surface area contributed by atoms with Crippen molar-refractivity contribution in [2.24, 2.45) is 0 Å². The highest BCUT2D eigenvalue weighted by atomic mass is 32.2. The van der Waals surface area contributed by atoms with Crippen molar-refractivity contribution < 1.29 is 9.53 Å². The monoisotopic (exact) mass is 415 g/mol.